The van der Waals surface area contributed by atoms with Crippen molar-refractivity contribution < 1.29 is 9.84 Å². The Hall–Kier alpha value is -2.71. The molecule has 2 N–H and O–H groups in total. The zero-order valence-electron chi connectivity index (χ0n) is 16.9. The fourth-order valence-corrected chi connectivity index (χ4v) is 4.76. The number of rotatable bonds is 6. The first-order chi connectivity index (χ1) is 14.7. The quantitative estimate of drug-likeness (QED) is 0.625. The highest BCUT2D eigenvalue weighted by atomic mass is 32.1. The Morgan fingerprint density at radius 2 is 2.03 bits per heavy atom. The fourth-order valence-electron chi connectivity index (χ4n) is 4.04. The van der Waals surface area contributed by atoms with Crippen LogP contribution in [0.2, 0.25) is 0 Å². The molecule has 3 heterocycles. The summed E-state index contributed by atoms with van der Waals surface area (Å²) in [5.74, 6) is 1.07. The second-order valence-corrected chi connectivity index (χ2v) is 8.92. The van der Waals surface area contributed by atoms with Gasteiger partial charge >= 0.3 is 0 Å². The molecule has 5 rings (SSSR count). The summed E-state index contributed by atoms with van der Waals surface area (Å²) in [6.07, 6.45) is 6.86. The number of nitrogens with zero attached hydrogens (tertiary/aromatic N) is 4. The average Bonchev–Trinajstić information content (AvgIpc) is 3.40. The lowest BCUT2D eigenvalue weighted by atomic mass is 9.92. The standard InChI is InChI=1S/C22H25N5O2S/c1-29-22-23-12-20(30-22)14-5-6-17(19(28)11-14)18-7-8-21(26-25-18)27-10-9-16(13-27)24-15-3-2-4-15/h5-8,11-12,15-16,24,28H,2-4,9-10,13H2,1H3. The number of methoxy groups -OCH3 is 1. The lowest BCUT2D eigenvalue weighted by Crippen LogP contribution is -2.43. The molecule has 0 bridgehead atoms. The first-order valence-corrected chi connectivity index (χ1v) is 11.2. The Morgan fingerprint density at radius 3 is 2.70 bits per heavy atom. The predicted molar refractivity (Wildman–Crippen MR) is 118 cm³/mol. The molecule has 1 aliphatic heterocycles. The third-order valence-corrected chi connectivity index (χ3v) is 6.96. The second-order valence-electron chi connectivity index (χ2n) is 7.93. The third-order valence-electron chi connectivity index (χ3n) is 5.96. The van der Waals surface area contributed by atoms with Crippen LogP contribution in [0, 0.1) is 0 Å². The van der Waals surface area contributed by atoms with Crippen LogP contribution in [0.25, 0.3) is 21.7 Å². The van der Waals surface area contributed by atoms with E-state index >= 15 is 0 Å². The first kappa shape index (κ1) is 19.3. The van der Waals surface area contributed by atoms with Gasteiger partial charge in [-0.3, -0.25) is 0 Å². The van der Waals surface area contributed by atoms with E-state index < -0.39 is 0 Å². The Labute approximate surface area is 179 Å². The molecule has 2 fully saturated rings. The molecule has 1 atom stereocenters. The van der Waals surface area contributed by atoms with Gasteiger partial charge < -0.3 is 20.1 Å². The molecular weight excluding hydrogens is 398 g/mol. The molecule has 0 spiro atoms. The van der Waals surface area contributed by atoms with Crippen molar-refractivity contribution in [3.63, 3.8) is 0 Å². The molecule has 1 saturated heterocycles. The van der Waals surface area contributed by atoms with Gasteiger partial charge in [-0.15, -0.1) is 10.2 Å². The van der Waals surface area contributed by atoms with E-state index in [1.54, 1.807) is 19.4 Å². The number of aromatic hydroxyl groups is 1. The van der Waals surface area contributed by atoms with Crippen LogP contribution >= 0.6 is 11.3 Å². The molecule has 3 aromatic rings. The van der Waals surface area contributed by atoms with E-state index in [0.717, 1.165) is 35.8 Å². The third kappa shape index (κ3) is 3.85. The molecule has 8 heteroatoms. The van der Waals surface area contributed by atoms with Crippen LogP contribution in [-0.4, -0.2) is 52.6 Å². The Bertz CT molecular complexity index is 1020. The largest absolute Gasteiger partial charge is 0.507 e. The van der Waals surface area contributed by atoms with E-state index in [2.05, 4.69) is 25.4 Å². The number of thiazole rings is 1. The summed E-state index contributed by atoms with van der Waals surface area (Å²) in [4.78, 5) is 7.41. The summed E-state index contributed by atoms with van der Waals surface area (Å²) in [6, 6.07) is 10.7. The van der Waals surface area contributed by atoms with E-state index in [-0.39, 0.29) is 5.75 Å². The van der Waals surface area contributed by atoms with Crippen LogP contribution in [0.5, 0.6) is 10.9 Å². The number of hydrogen-bond donors (Lipinski definition) is 2. The van der Waals surface area contributed by atoms with E-state index in [1.165, 1.54) is 30.6 Å². The molecule has 30 heavy (non-hydrogen) atoms. The smallest absolute Gasteiger partial charge is 0.273 e. The van der Waals surface area contributed by atoms with Gasteiger partial charge in [-0.05, 0) is 49.1 Å². The van der Waals surface area contributed by atoms with Gasteiger partial charge in [-0.2, -0.15) is 0 Å². The molecular formula is C22H25N5O2S. The number of hydrogen-bond acceptors (Lipinski definition) is 8. The number of aromatic nitrogens is 3. The zero-order valence-corrected chi connectivity index (χ0v) is 17.7. The normalized spacial score (nSPS) is 19.1. The maximum Gasteiger partial charge on any atom is 0.273 e. The number of benzene rings is 1. The van der Waals surface area contributed by atoms with Crippen LogP contribution in [0.4, 0.5) is 5.82 Å². The SMILES string of the molecule is COc1ncc(-c2ccc(-c3ccc(N4CCC(NC5CCC5)C4)nn3)c(O)c2)s1. The maximum absolute atomic E-state index is 10.6. The summed E-state index contributed by atoms with van der Waals surface area (Å²) in [5, 5.41) is 23.7. The van der Waals surface area contributed by atoms with Crippen LogP contribution in [0.3, 0.4) is 0 Å². The lowest BCUT2D eigenvalue weighted by molar-refractivity contribution is 0.311. The molecule has 7 nitrogen and oxygen atoms in total. The molecule has 1 saturated carbocycles. The summed E-state index contributed by atoms with van der Waals surface area (Å²) in [7, 11) is 1.60. The second kappa shape index (κ2) is 8.20. The number of phenols is 1. The number of ether oxygens (including phenoxy) is 1. The van der Waals surface area contributed by atoms with Gasteiger partial charge in [0.15, 0.2) is 5.82 Å². The van der Waals surface area contributed by atoms with E-state index in [4.69, 9.17) is 4.74 Å². The van der Waals surface area contributed by atoms with Crippen LogP contribution < -0.4 is 15.0 Å². The number of nitrogens with one attached hydrogen (secondary N) is 1. The van der Waals surface area contributed by atoms with Gasteiger partial charge in [0.1, 0.15) is 5.75 Å². The molecule has 0 radical (unpaired) electrons. The van der Waals surface area contributed by atoms with Crippen molar-refractivity contribution in [2.24, 2.45) is 0 Å². The van der Waals surface area contributed by atoms with Gasteiger partial charge in [-0.1, -0.05) is 23.8 Å². The Balaban J connectivity index is 1.28. The molecule has 1 unspecified atom stereocenters. The van der Waals surface area contributed by atoms with Gasteiger partial charge in [0.2, 0.25) is 0 Å². The highest BCUT2D eigenvalue weighted by Gasteiger charge is 2.27. The number of anilines is 1. The van der Waals surface area contributed by atoms with Crippen LogP contribution in [0.15, 0.2) is 36.5 Å². The Morgan fingerprint density at radius 1 is 1.13 bits per heavy atom. The summed E-state index contributed by atoms with van der Waals surface area (Å²) >= 11 is 1.44. The van der Waals surface area contributed by atoms with Gasteiger partial charge in [-0.25, -0.2) is 4.98 Å². The maximum atomic E-state index is 10.6. The Kier molecular flexibility index (Phi) is 5.26. The van der Waals surface area contributed by atoms with Gasteiger partial charge in [0.05, 0.1) is 17.7 Å². The molecule has 1 aromatic carbocycles. The van der Waals surface area contributed by atoms with E-state index in [9.17, 15) is 5.11 Å². The zero-order chi connectivity index (χ0) is 20.5. The minimum absolute atomic E-state index is 0.174. The van der Waals surface area contributed by atoms with Crippen molar-refractivity contribution in [3.05, 3.63) is 36.5 Å². The van der Waals surface area contributed by atoms with Gasteiger partial charge in [0.25, 0.3) is 5.19 Å². The van der Waals surface area contributed by atoms with E-state index in [1.807, 2.05) is 24.3 Å². The minimum atomic E-state index is 0.174. The van der Waals surface area contributed by atoms with Crippen molar-refractivity contribution in [3.8, 4) is 32.6 Å². The molecule has 2 aromatic heterocycles. The minimum Gasteiger partial charge on any atom is -0.507 e. The highest BCUT2D eigenvalue weighted by molar-refractivity contribution is 7.16. The number of phenolic OH excluding ortho intramolecular Hbond substituents is 1. The van der Waals surface area contributed by atoms with E-state index in [0.29, 0.717) is 28.5 Å². The van der Waals surface area contributed by atoms with Crippen molar-refractivity contribution in [1.82, 2.24) is 20.5 Å². The van der Waals surface area contributed by atoms with Gasteiger partial charge in [0, 0.05) is 36.9 Å². The lowest BCUT2D eigenvalue weighted by Gasteiger charge is -2.29. The topological polar surface area (TPSA) is 83.4 Å². The van der Waals surface area contributed by atoms with Crippen LogP contribution in [-0.2, 0) is 0 Å². The van der Waals surface area contributed by atoms with Crippen molar-refractivity contribution in [1.29, 1.82) is 0 Å². The fraction of sp³-hybridized carbons (Fsp3) is 0.409. The van der Waals surface area contributed by atoms with Crippen molar-refractivity contribution in [2.45, 2.75) is 37.8 Å². The average molecular weight is 424 g/mol. The molecule has 2 aliphatic rings. The van der Waals surface area contributed by atoms with Crippen LogP contribution in [0.1, 0.15) is 25.7 Å². The summed E-state index contributed by atoms with van der Waals surface area (Å²) in [6.45, 7) is 1.97. The summed E-state index contributed by atoms with van der Waals surface area (Å²) < 4.78 is 5.15. The summed E-state index contributed by atoms with van der Waals surface area (Å²) in [5.41, 5.74) is 2.22. The molecule has 0 amide bonds. The van der Waals surface area contributed by atoms with Crippen molar-refractivity contribution >= 4 is 17.2 Å². The first-order valence-electron chi connectivity index (χ1n) is 10.4. The van der Waals surface area contributed by atoms with Crippen molar-refractivity contribution in [2.75, 3.05) is 25.1 Å². The monoisotopic (exact) mass is 423 g/mol. The predicted octanol–water partition coefficient (Wildman–Crippen LogP) is 3.70. The highest BCUT2D eigenvalue weighted by Crippen LogP contribution is 2.36. The molecule has 1 aliphatic carbocycles. The molecule has 156 valence electrons.